The lowest BCUT2D eigenvalue weighted by Gasteiger charge is -2.23. The Morgan fingerprint density at radius 2 is 1.56 bits per heavy atom. The quantitative estimate of drug-likeness (QED) is 0.457. The lowest BCUT2D eigenvalue weighted by Crippen LogP contribution is -2.30. The van der Waals surface area contributed by atoms with Gasteiger partial charge in [-0.05, 0) is 53.5 Å². The van der Waals surface area contributed by atoms with Crippen LogP contribution in [0.2, 0.25) is 0 Å². The highest BCUT2D eigenvalue weighted by Gasteiger charge is 2.17. The Hall–Kier alpha value is -2.41. The predicted molar refractivity (Wildman–Crippen MR) is 116 cm³/mol. The Bertz CT molecular complexity index is 962. The third-order valence-electron chi connectivity index (χ3n) is 5.06. The highest BCUT2D eigenvalue weighted by atomic mass is 14.9. The van der Waals surface area contributed by atoms with Gasteiger partial charge in [-0.1, -0.05) is 70.2 Å². The van der Waals surface area contributed by atoms with E-state index in [1.54, 1.807) is 0 Å². The molecule has 3 aromatic rings. The van der Waals surface area contributed by atoms with Gasteiger partial charge >= 0.3 is 0 Å². The third-order valence-corrected chi connectivity index (χ3v) is 5.06. The molecule has 0 amide bonds. The standard InChI is InChI=1S/C26H32N/c1-19-9-7-8-10-24(19)25-16-15-23(18-27(25)6)22-13-11-21(12-14-22)20(2)17-26(3,4)5/h7-16,18,20H,17H2,1-6H3/q+1/i20D. The summed E-state index contributed by atoms with van der Waals surface area (Å²) in [5, 5.41) is 0. The second-order valence-electron chi connectivity index (χ2n) is 8.82. The summed E-state index contributed by atoms with van der Waals surface area (Å²) in [5.41, 5.74) is 7.34. The van der Waals surface area contributed by atoms with Crippen molar-refractivity contribution in [3.63, 3.8) is 0 Å². The molecular weight excluding hydrogens is 326 g/mol. The molecule has 0 radical (unpaired) electrons. The zero-order valence-corrected chi connectivity index (χ0v) is 17.5. The van der Waals surface area contributed by atoms with Gasteiger partial charge in [-0.25, -0.2) is 4.57 Å². The molecule has 0 saturated heterocycles. The summed E-state index contributed by atoms with van der Waals surface area (Å²) < 4.78 is 11.0. The van der Waals surface area contributed by atoms with E-state index in [1.165, 1.54) is 27.9 Å². The monoisotopic (exact) mass is 359 g/mol. The average Bonchev–Trinajstić information content (AvgIpc) is 2.61. The molecule has 0 aliphatic heterocycles. The largest absolute Gasteiger partial charge is 0.212 e. The molecule has 1 aromatic heterocycles. The molecule has 0 spiro atoms. The van der Waals surface area contributed by atoms with Crippen molar-refractivity contribution in [3.05, 3.63) is 78.0 Å². The summed E-state index contributed by atoms with van der Waals surface area (Å²) in [5.74, 6) is -0.573. The topological polar surface area (TPSA) is 3.88 Å². The van der Waals surface area contributed by atoms with Crippen LogP contribution >= 0.6 is 0 Å². The van der Waals surface area contributed by atoms with Gasteiger partial charge in [0.25, 0.3) is 0 Å². The number of hydrogen-bond acceptors (Lipinski definition) is 0. The van der Waals surface area contributed by atoms with Gasteiger partial charge in [0.15, 0.2) is 6.20 Å². The SMILES string of the molecule is [2H]C(C)(CC(C)(C)C)c1ccc(-c2ccc(-c3ccccc3C)[n+](C)c2)cc1. The summed E-state index contributed by atoms with van der Waals surface area (Å²) in [7, 11) is 2.10. The number of hydrogen-bond donors (Lipinski definition) is 0. The molecule has 0 bridgehead atoms. The van der Waals surface area contributed by atoms with Crippen LogP contribution in [-0.4, -0.2) is 0 Å². The van der Waals surface area contributed by atoms with Crippen LogP contribution in [0.4, 0.5) is 0 Å². The van der Waals surface area contributed by atoms with E-state index in [4.69, 9.17) is 1.37 Å². The van der Waals surface area contributed by atoms with Gasteiger partial charge in [-0.15, -0.1) is 0 Å². The van der Waals surface area contributed by atoms with Crippen LogP contribution in [0.5, 0.6) is 0 Å². The predicted octanol–water partition coefficient (Wildman–Crippen LogP) is 6.69. The van der Waals surface area contributed by atoms with Crippen LogP contribution in [0.3, 0.4) is 0 Å². The zero-order valence-electron chi connectivity index (χ0n) is 18.5. The summed E-state index contributed by atoms with van der Waals surface area (Å²) in [6.45, 7) is 10.8. The van der Waals surface area contributed by atoms with Crippen molar-refractivity contribution in [2.24, 2.45) is 12.5 Å². The molecule has 0 saturated carbocycles. The van der Waals surface area contributed by atoms with E-state index in [0.717, 1.165) is 12.0 Å². The van der Waals surface area contributed by atoms with Crippen molar-refractivity contribution < 1.29 is 5.94 Å². The van der Waals surface area contributed by atoms with Crippen molar-refractivity contribution in [1.29, 1.82) is 0 Å². The second kappa shape index (κ2) is 7.68. The number of rotatable bonds is 4. The van der Waals surface area contributed by atoms with Crippen LogP contribution in [-0.2, 0) is 7.05 Å². The van der Waals surface area contributed by atoms with Crippen molar-refractivity contribution >= 4 is 0 Å². The minimum absolute atomic E-state index is 0.133. The first-order chi connectivity index (χ1) is 13.1. The number of pyridine rings is 1. The van der Waals surface area contributed by atoms with Gasteiger partial charge in [0.1, 0.15) is 7.05 Å². The first-order valence-electron chi connectivity index (χ1n) is 10.2. The third kappa shape index (κ3) is 4.66. The van der Waals surface area contributed by atoms with Crippen molar-refractivity contribution in [2.45, 2.75) is 46.9 Å². The van der Waals surface area contributed by atoms with Crippen LogP contribution < -0.4 is 4.57 Å². The van der Waals surface area contributed by atoms with E-state index in [2.05, 4.69) is 106 Å². The number of benzene rings is 2. The summed E-state index contributed by atoms with van der Waals surface area (Å²) in [6, 6.07) is 21.4. The van der Waals surface area contributed by atoms with E-state index in [1.807, 2.05) is 6.92 Å². The molecule has 1 atom stereocenters. The minimum atomic E-state index is -0.573. The van der Waals surface area contributed by atoms with E-state index in [9.17, 15) is 0 Å². The maximum absolute atomic E-state index is 8.77. The molecule has 27 heavy (non-hydrogen) atoms. The normalized spacial score (nSPS) is 14.5. The zero-order chi connectivity index (χ0) is 20.5. The average molecular weight is 360 g/mol. The lowest BCUT2D eigenvalue weighted by molar-refractivity contribution is -0.659. The molecule has 0 aliphatic rings. The molecular formula is C26H32N+. The van der Waals surface area contributed by atoms with E-state index in [-0.39, 0.29) is 5.41 Å². The summed E-state index contributed by atoms with van der Waals surface area (Å²) in [4.78, 5) is 0. The van der Waals surface area contributed by atoms with E-state index < -0.39 is 5.89 Å². The van der Waals surface area contributed by atoms with Crippen molar-refractivity contribution in [2.75, 3.05) is 0 Å². The fourth-order valence-corrected chi connectivity index (χ4v) is 3.76. The van der Waals surface area contributed by atoms with Gasteiger partial charge in [0.2, 0.25) is 5.69 Å². The fraction of sp³-hybridized carbons (Fsp3) is 0.346. The molecule has 0 aliphatic carbocycles. The molecule has 140 valence electrons. The maximum Gasteiger partial charge on any atom is 0.212 e. The van der Waals surface area contributed by atoms with Crippen LogP contribution in [0.15, 0.2) is 66.9 Å². The smallest absolute Gasteiger partial charge is 0.200 e. The second-order valence-corrected chi connectivity index (χ2v) is 8.82. The first-order valence-corrected chi connectivity index (χ1v) is 9.73. The number of nitrogens with zero attached hydrogens (tertiary/aromatic N) is 1. The Morgan fingerprint density at radius 1 is 0.926 bits per heavy atom. The summed E-state index contributed by atoms with van der Waals surface area (Å²) >= 11 is 0. The molecule has 1 nitrogen and oxygen atoms in total. The molecule has 2 aromatic carbocycles. The van der Waals surface area contributed by atoms with Crippen LogP contribution in [0, 0.1) is 12.3 Å². The van der Waals surface area contributed by atoms with Crippen LogP contribution in [0.1, 0.15) is 52.5 Å². The van der Waals surface area contributed by atoms with E-state index >= 15 is 0 Å². The van der Waals surface area contributed by atoms with E-state index in [0.29, 0.717) is 0 Å². The Balaban J connectivity index is 1.89. The maximum atomic E-state index is 8.77. The molecule has 0 fully saturated rings. The molecule has 0 N–H and O–H groups in total. The number of aromatic nitrogens is 1. The van der Waals surface area contributed by atoms with Gasteiger partial charge < -0.3 is 0 Å². The fourth-order valence-electron chi connectivity index (χ4n) is 3.76. The molecule has 3 rings (SSSR count). The Morgan fingerprint density at radius 3 is 2.15 bits per heavy atom. The van der Waals surface area contributed by atoms with Gasteiger partial charge in [-0.3, -0.25) is 0 Å². The van der Waals surface area contributed by atoms with Gasteiger partial charge in [0.05, 0.1) is 0 Å². The van der Waals surface area contributed by atoms with Crippen LogP contribution in [0.25, 0.3) is 22.4 Å². The highest BCUT2D eigenvalue weighted by molar-refractivity contribution is 5.66. The molecule has 1 unspecified atom stereocenters. The Labute approximate surface area is 166 Å². The Kier molecular flexibility index (Phi) is 5.11. The van der Waals surface area contributed by atoms with Crippen molar-refractivity contribution in [3.8, 4) is 22.4 Å². The molecule has 1 heteroatoms. The highest BCUT2D eigenvalue weighted by Crippen LogP contribution is 2.32. The molecule has 1 heterocycles. The minimum Gasteiger partial charge on any atom is -0.200 e. The number of aryl methyl sites for hydroxylation is 2. The van der Waals surface area contributed by atoms with Gasteiger partial charge in [0, 0.05) is 18.6 Å². The van der Waals surface area contributed by atoms with Crippen molar-refractivity contribution in [1.82, 2.24) is 0 Å². The van der Waals surface area contributed by atoms with Gasteiger partial charge in [-0.2, -0.15) is 0 Å². The lowest BCUT2D eigenvalue weighted by atomic mass is 9.82. The summed E-state index contributed by atoms with van der Waals surface area (Å²) in [6.07, 6.45) is 3.02. The first kappa shape index (κ1) is 18.0.